The number of hydrogen-bond donors (Lipinski definition) is 1. The van der Waals surface area contributed by atoms with E-state index in [0.717, 1.165) is 30.8 Å². The average molecular weight is 260 g/mol. The van der Waals surface area contributed by atoms with Gasteiger partial charge in [0.05, 0.1) is 6.04 Å². The van der Waals surface area contributed by atoms with Crippen molar-refractivity contribution in [3.8, 4) is 0 Å². The molecule has 19 heavy (non-hydrogen) atoms. The third kappa shape index (κ3) is 3.04. The zero-order chi connectivity index (χ0) is 14.0. The summed E-state index contributed by atoms with van der Waals surface area (Å²) in [7, 11) is 2.03. The number of benzene rings is 1. The third-order valence-corrected chi connectivity index (χ3v) is 4.01. The topological polar surface area (TPSA) is 32.3 Å². The first-order chi connectivity index (χ1) is 9.00. The van der Waals surface area contributed by atoms with Gasteiger partial charge < -0.3 is 5.32 Å². The number of piperazine rings is 1. The first kappa shape index (κ1) is 14.2. The van der Waals surface area contributed by atoms with Crippen molar-refractivity contribution >= 4 is 5.78 Å². The van der Waals surface area contributed by atoms with Crippen molar-refractivity contribution < 1.29 is 4.79 Å². The lowest BCUT2D eigenvalue weighted by molar-refractivity contribution is 0.0818. The highest BCUT2D eigenvalue weighted by Gasteiger charge is 2.27. The highest BCUT2D eigenvalue weighted by molar-refractivity contribution is 6.01. The molecule has 3 nitrogen and oxygen atoms in total. The summed E-state index contributed by atoms with van der Waals surface area (Å²) in [5.41, 5.74) is 3.19. The van der Waals surface area contributed by atoms with Gasteiger partial charge in [-0.25, -0.2) is 0 Å². The standard InChI is InChI=1S/C16H24N2O/c1-11(2)13-6-5-12(3)14(9-13)16(19)15-10-17-7-8-18(15)4/h5-6,9,11,15,17H,7-8,10H2,1-4H3. The van der Waals surface area contributed by atoms with E-state index in [1.165, 1.54) is 5.56 Å². The number of nitrogens with one attached hydrogen (secondary N) is 1. The van der Waals surface area contributed by atoms with Crippen molar-refractivity contribution in [2.45, 2.75) is 32.7 Å². The van der Waals surface area contributed by atoms with Crippen LogP contribution >= 0.6 is 0 Å². The lowest BCUT2D eigenvalue weighted by Crippen LogP contribution is -2.53. The Morgan fingerprint density at radius 1 is 1.42 bits per heavy atom. The van der Waals surface area contributed by atoms with E-state index in [1.54, 1.807) is 0 Å². The Morgan fingerprint density at radius 3 is 2.79 bits per heavy atom. The van der Waals surface area contributed by atoms with E-state index in [9.17, 15) is 4.79 Å². The number of ketones is 1. The molecule has 1 N–H and O–H groups in total. The average Bonchev–Trinajstić information content (AvgIpc) is 2.38. The smallest absolute Gasteiger partial charge is 0.181 e. The molecule has 0 aliphatic carbocycles. The van der Waals surface area contributed by atoms with E-state index in [4.69, 9.17) is 0 Å². The van der Waals surface area contributed by atoms with E-state index >= 15 is 0 Å². The Balaban J connectivity index is 2.29. The van der Waals surface area contributed by atoms with Gasteiger partial charge in [-0.05, 0) is 37.1 Å². The van der Waals surface area contributed by atoms with Crippen LogP contribution in [0.5, 0.6) is 0 Å². The van der Waals surface area contributed by atoms with Gasteiger partial charge in [0, 0.05) is 25.2 Å². The summed E-state index contributed by atoms with van der Waals surface area (Å²) in [5, 5.41) is 3.31. The van der Waals surface area contributed by atoms with Crippen molar-refractivity contribution in [3.63, 3.8) is 0 Å². The summed E-state index contributed by atoms with van der Waals surface area (Å²) in [4.78, 5) is 14.9. The van der Waals surface area contributed by atoms with Crippen molar-refractivity contribution in [1.29, 1.82) is 0 Å². The van der Waals surface area contributed by atoms with Gasteiger partial charge >= 0.3 is 0 Å². The summed E-state index contributed by atoms with van der Waals surface area (Å²) in [5.74, 6) is 0.698. The Labute approximate surface area is 116 Å². The summed E-state index contributed by atoms with van der Waals surface area (Å²) in [6.45, 7) is 8.99. The fraction of sp³-hybridized carbons (Fsp3) is 0.562. The minimum absolute atomic E-state index is 0.0325. The van der Waals surface area contributed by atoms with Crippen LogP contribution in [0.25, 0.3) is 0 Å². The van der Waals surface area contributed by atoms with Crippen LogP contribution in [0.15, 0.2) is 18.2 Å². The van der Waals surface area contributed by atoms with E-state index < -0.39 is 0 Å². The number of aryl methyl sites for hydroxylation is 1. The van der Waals surface area contributed by atoms with Crippen LogP contribution in [-0.4, -0.2) is 43.4 Å². The van der Waals surface area contributed by atoms with Crippen LogP contribution in [0.4, 0.5) is 0 Å². The fourth-order valence-corrected chi connectivity index (χ4v) is 2.54. The van der Waals surface area contributed by atoms with Crippen LogP contribution < -0.4 is 5.32 Å². The highest BCUT2D eigenvalue weighted by Crippen LogP contribution is 2.21. The molecule has 1 unspecified atom stereocenters. The van der Waals surface area contributed by atoms with Crippen molar-refractivity contribution in [2.24, 2.45) is 0 Å². The first-order valence-corrected chi connectivity index (χ1v) is 7.06. The zero-order valence-corrected chi connectivity index (χ0v) is 12.4. The largest absolute Gasteiger partial charge is 0.313 e. The van der Waals surface area contributed by atoms with E-state index in [2.05, 4.69) is 42.3 Å². The molecule has 0 saturated carbocycles. The quantitative estimate of drug-likeness (QED) is 0.846. The maximum absolute atomic E-state index is 12.7. The summed E-state index contributed by atoms with van der Waals surface area (Å²) in [6.07, 6.45) is 0. The molecule has 2 rings (SSSR count). The van der Waals surface area contributed by atoms with E-state index in [1.807, 2.05) is 14.0 Å². The van der Waals surface area contributed by atoms with Gasteiger partial charge in [-0.3, -0.25) is 9.69 Å². The van der Waals surface area contributed by atoms with Gasteiger partial charge in [-0.1, -0.05) is 26.0 Å². The second-order valence-corrected chi connectivity index (χ2v) is 5.79. The zero-order valence-electron chi connectivity index (χ0n) is 12.4. The number of rotatable bonds is 3. The molecule has 1 saturated heterocycles. The van der Waals surface area contributed by atoms with Crippen LogP contribution in [0.2, 0.25) is 0 Å². The fourth-order valence-electron chi connectivity index (χ4n) is 2.54. The molecule has 3 heteroatoms. The van der Waals surface area contributed by atoms with Gasteiger partial charge in [0.25, 0.3) is 0 Å². The molecule has 0 amide bonds. The van der Waals surface area contributed by atoms with E-state index in [0.29, 0.717) is 5.92 Å². The number of hydrogen-bond acceptors (Lipinski definition) is 3. The molecular formula is C16H24N2O. The molecule has 0 radical (unpaired) electrons. The normalized spacial score (nSPS) is 20.8. The molecule has 0 aromatic heterocycles. The number of nitrogens with zero attached hydrogens (tertiary/aromatic N) is 1. The maximum atomic E-state index is 12.7. The van der Waals surface area contributed by atoms with Gasteiger partial charge in [-0.15, -0.1) is 0 Å². The number of carbonyl (C=O) groups excluding carboxylic acids is 1. The molecule has 1 fully saturated rings. The molecular weight excluding hydrogens is 236 g/mol. The third-order valence-electron chi connectivity index (χ3n) is 4.01. The Hall–Kier alpha value is -1.19. The maximum Gasteiger partial charge on any atom is 0.181 e. The van der Waals surface area contributed by atoms with Crippen LogP contribution in [0.3, 0.4) is 0 Å². The Kier molecular flexibility index (Phi) is 4.38. The lowest BCUT2D eigenvalue weighted by Gasteiger charge is -2.32. The predicted molar refractivity (Wildman–Crippen MR) is 78.9 cm³/mol. The van der Waals surface area contributed by atoms with Crippen molar-refractivity contribution in [2.75, 3.05) is 26.7 Å². The van der Waals surface area contributed by atoms with E-state index in [-0.39, 0.29) is 11.8 Å². The van der Waals surface area contributed by atoms with Gasteiger partial charge in [0.1, 0.15) is 0 Å². The molecule has 0 bridgehead atoms. The molecule has 1 heterocycles. The first-order valence-electron chi connectivity index (χ1n) is 7.06. The SMILES string of the molecule is Cc1ccc(C(C)C)cc1C(=O)C1CNCCN1C. The van der Waals surface area contributed by atoms with Gasteiger partial charge in [0.15, 0.2) is 5.78 Å². The van der Waals surface area contributed by atoms with Crippen LogP contribution in [0, 0.1) is 6.92 Å². The monoisotopic (exact) mass is 260 g/mol. The molecule has 104 valence electrons. The molecule has 1 aromatic rings. The number of likely N-dealkylation sites (N-methyl/N-ethyl adjacent to an activating group) is 1. The van der Waals surface area contributed by atoms with Crippen molar-refractivity contribution in [1.82, 2.24) is 10.2 Å². The minimum atomic E-state index is -0.0325. The van der Waals surface area contributed by atoms with Crippen LogP contribution in [-0.2, 0) is 0 Å². The number of carbonyl (C=O) groups is 1. The summed E-state index contributed by atoms with van der Waals surface area (Å²) >= 11 is 0. The second kappa shape index (κ2) is 5.85. The molecule has 1 aromatic carbocycles. The molecule has 1 aliphatic heterocycles. The summed E-state index contributed by atoms with van der Waals surface area (Å²) < 4.78 is 0. The van der Waals surface area contributed by atoms with Gasteiger partial charge in [-0.2, -0.15) is 0 Å². The second-order valence-electron chi connectivity index (χ2n) is 5.79. The highest BCUT2D eigenvalue weighted by atomic mass is 16.1. The van der Waals surface area contributed by atoms with Crippen molar-refractivity contribution in [3.05, 3.63) is 34.9 Å². The molecule has 0 spiro atoms. The van der Waals surface area contributed by atoms with Crippen LogP contribution in [0.1, 0.15) is 41.3 Å². The Morgan fingerprint density at radius 2 is 2.16 bits per heavy atom. The summed E-state index contributed by atoms with van der Waals surface area (Å²) in [6, 6.07) is 6.23. The minimum Gasteiger partial charge on any atom is -0.313 e. The molecule has 1 aliphatic rings. The number of Topliss-reactive ketones (excluding diaryl/α,β-unsaturated/α-hetero) is 1. The predicted octanol–water partition coefficient (Wildman–Crippen LogP) is 2.20. The lowest BCUT2D eigenvalue weighted by atomic mass is 9.92. The molecule has 1 atom stereocenters. The van der Waals surface area contributed by atoms with Gasteiger partial charge in [0.2, 0.25) is 0 Å². The Bertz CT molecular complexity index is 468.